The van der Waals surface area contributed by atoms with Crippen molar-refractivity contribution < 1.29 is 32.5 Å². The molecular formula is C11H15NO7S. The maximum absolute atomic E-state index is 11.6. The van der Waals surface area contributed by atoms with Crippen LogP contribution in [0.3, 0.4) is 0 Å². The molecule has 1 rings (SSSR count). The van der Waals surface area contributed by atoms with Crippen molar-refractivity contribution >= 4 is 21.7 Å². The minimum absolute atomic E-state index is 0.0615. The average Bonchev–Trinajstić information content (AvgIpc) is 2.35. The Morgan fingerprint density at radius 3 is 2.20 bits per heavy atom. The molecule has 0 aromatic heterocycles. The molecule has 0 bridgehead atoms. The van der Waals surface area contributed by atoms with Gasteiger partial charge in [0.25, 0.3) is 0 Å². The number of carbonyl (C=O) groups is 1. The van der Waals surface area contributed by atoms with Gasteiger partial charge in [-0.2, -0.15) is 0 Å². The van der Waals surface area contributed by atoms with Gasteiger partial charge in [0.1, 0.15) is 0 Å². The number of nitrogens with one attached hydrogen (secondary N) is 1. The first-order chi connectivity index (χ1) is 9.34. The number of benzene rings is 1. The molecule has 1 aromatic carbocycles. The van der Waals surface area contributed by atoms with E-state index in [-0.39, 0.29) is 17.2 Å². The molecule has 9 heteroatoms. The van der Waals surface area contributed by atoms with Gasteiger partial charge in [-0.1, -0.05) is 0 Å². The van der Waals surface area contributed by atoms with Crippen molar-refractivity contribution in [2.45, 2.75) is 0 Å². The molecule has 0 unspecified atom stereocenters. The summed E-state index contributed by atoms with van der Waals surface area (Å²) in [6.07, 6.45) is 0. The number of carboxylic acids is 1. The first-order valence-corrected chi connectivity index (χ1v) is 7.01. The first-order valence-electron chi connectivity index (χ1n) is 5.36. The summed E-state index contributed by atoms with van der Waals surface area (Å²) in [5.41, 5.74) is 0.0615. The molecule has 0 saturated carbocycles. The van der Waals surface area contributed by atoms with E-state index in [1.807, 2.05) is 0 Å². The molecular weight excluding hydrogens is 290 g/mol. The van der Waals surface area contributed by atoms with E-state index in [0.29, 0.717) is 5.75 Å². The van der Waals surface area contributed by atoms with Crippen molar-refractivity contribution in [3.8, 4) is 17.2 Å². The predicted octanol–water partition coefficient (Wildman–Crippen LogP) is 0.539. The van der Waals surface area contributed by atoms with Crippen LogP contribution in [0.5, 0.6) is 17.2 Å². The molecule has 0 aliphatic carbocycles. The highest BCUT2D eigenvalue weighted by Crippen LogP contribution is 2.42. The van der Waals surface area contributed by atoms with E-state index in [4.69, 9.17) is 19.3 Å². The predicted molar refractivity (Wildman–Crippen MR) is 71.1 cm³/mol. The van der Waals surface area contributed by atoms with Gasteiger partial charge < -0.3 is 19.3 Å². The highest BCUT2D eigenvalue weighted by molar-refractivity contribution is 7.93. The number of anilines is 1. The second kappa shape index (κ2) is 6.33. The lowest BCUT2D eigenvalue weighted by Crippen LogP contribution is -2.22. The second-order valence-corrected chi connectivity index (χ2v) is 5.36. The van der Waals surface area contributed by atoms with Gasteiger partial charge in [0.15, 0.2) is 17.3 Å². The number of sulfonamides is 1. The molecule has 0 spiro atoms. The van der Waals surface area contributed by atoms with Crippen LogP contribution in [0.15, 0.2) is 12.1 Å². The first kappa shape index (κ1) is 15.9. The monoisotopic (exact) mass is 305 g/mol. The molecule has 112 valence electrons. The van der Waals surface area contributed by atoms with Gasteiger partial charge in [-0.3, -0.25) is 9.52 Å². The fraction of sp³-hybridized carbons (Fsp3) is 0.364. The highest BCUT2D eigenvalue weighted by atomic mass is 32.2. The highest BCUT2D eigenvalue weighted by Gasteiger charge is 2.21. The standard InChI is InChI=1S/C11H15NO7S/c1-17-8-5-4-7(10(18-2)11(8)19-3)12-20(15,16)6-9(13)14/h4-5,12H,6H2,1-3H3,(H,13,14). The van der Waals surface area contributed by atoms with Crippen LogP contribution in [-0.4, -0.2) is 46.6 Å². The SMILES string of the molecule is COc1ccc(NS(=O)(=O)CC(=O)O)c(OC)c1OC. The Hall–Kier alpha value is -2.16. The third-order valence-electron chi connectivity index (χ3n) is 2.28. The zero-order valence-corrected chi connectivity index (χ0v) is 12.0. The molecule has 8 nitrogen and oxygen atoms in total. The summed E-state index contributed by atoms with van der Waals surface area (Å²) in [6, 6.07) is 2.86. The van der Waals surface area contributed by atoms with Crippen LogP contribution in [0.1, 0.15) is 0 Å². The van der Waals surface area contributed by atoms with Crippen molar-refractivity contribution in [1.29, 1.82) is 0 Å². The van der Waals surface area contributed by atoms with Crippen LogP contribution in [0.25, 0.3) is 0 Å². The molecule has 0 aliphatic heterocycles. The van der Waals surface area contributed by atoms with Crippen molar-refractivity contribution in [1.82, 2.24) is 0 Å². The molecule has 0 saturated heterocycles. The molecule has 2 N–H and O–H groups in total. The number of carboxylic acid groups (broad SMARTS) is 1. The summed E-state index contributed by atoms with van der Waals surface area (Å²) >= 11 is 0. The third-order valence-corrected chi connectivity index (χ3v) is 3.44. The maximum Gasteiger partial charge on any atom is 0.320 e. The van der Waals surface area contributed by atoms with Crippen LogP contribution >= 0.6 is 0 Å². The minimum atomic E-state index is -4.04. The molecule has 0 amide bonds. The molecule has 1 aromatic rings. The molecule has 0 aliphatic rings. The van der Waals surface area contributed by atoms with Crippen molar-refractivity contribution in [2.24, 2.45) is 0 Å². The number of ether oxygens (including phenoxy) is 3. The Bertz CT molecular complexity index is 597. The lowest BCUT2D eigenvalue weighted by molar-refractivity contribution is -0.134. The zero-order chi connectivity index (χ0) is 15.3. The van der Waals surface area contributed by atoms with Gasteiger partial charge >= 0.3 is 5.97 Å². The Morgan fingerprint density at radius 1 is 1.15 bits per heavy atom. The summed E-state index contributed by atoms with van der Waals surface area (Å²) < 4.78 is 40.6. The quantitative estimate of drug-likeness (QED) is 0.756. The third kappa shape index (κ3) is 3.67. The van der Waals surface area contributed by atoms with Gasteiger partial charge in [-0.25, -0.2) is 8.42 Å². The van der Waals surface area contributed by atoms with E-state index >= 15 is 0 Å². The number of methoxy groups -OCH3 is 3. The fourth-order valence-corrected chi connectivity index (χ4v) is 2.44. The summed E-state index contributed by atoms with van der Waals surface area (Å²) in [7, 11) is 0.0819. The molecule has 20 heavy (non-hydrogen) atoms. The maximum atomic E-state index is 11.6. The van der Waals surface area contributed by atoms with E-state index in [1.165, 1.54) is 33.5 Å². The van der Waals surface area contributed by atoms with Crippen molar-refractivity contribution in [3.63, 3.8) is 0 Å². The van der Waals surface area contributed by atoms with E-state index < -0.39 is 21.7 Å². The van der Waals surface area contributed by atoms with Crippen LogP contribution in [0, 0.1) is 0 Å². The average molecular weight is 305 g/mol. The summed E-state index contributed by atoms with van der Waals surface area (Å²) in [6.45, 7) is 0. The molecule has 0 radical (unpaired) electrons. The molecule has 0 heterocycles. The number of hydrogen-bond acceptors (Lipinski definition) is 6. The summed E-state index contributed by atoms with van der Waals surface area (Å²) in [5, 5.41) is 8.54. The van der Waals surface area contributed by atoms with Crippen LogP contribution < -0.4 is 18.9 Å². The van der Waals surface area contributed by atoms with E-state index in [1.54, 1.807) is 0 Å². The van der Waals surface area contributed by atoms with E-state index in [2.05, 4.69) is 4.72 Å². The Balaban J connectivity index is 3.23. The van der Waals surface area contributed by atoms with E-state index in [0.717, 1.165) is 0 Å². The number of hydrogen-bond donors (Lipinski definition) is 2. The lowest BCUT2D eigenvalue weighted by Gasteiger charge is -2.16. The smallest absolute Gasteiger partial charge is 0.320 e. The summed E-state index contributed by atoms with van der Waals surface area (Å²) in [5.74, 6) is -1.86. The van der Waals surface area contributed by atoms with Gasteiger partial charge in [-0.15, -0.1) is 0 Å². The number of aliphatic carboxylic acids is 1. The molecule has 0 fully saturated rings. The van der Waals surface area contributed by atoms with E-state index in [9.17, 15) is 13.2 Å². The fourth-order valence-electron chi connectivity index (χ4n) is 1.55. The molecule has 0 atom stereocenters. The van der Waals surface area contributed by atoms with Crippen LogP contribution in [0.2, 0.25) is 0 Å². The lowest BCUT2D eigenvalue weighted by atomic mass is 10.2. The normalized spacial score (nSPS) is 10.8. The second-order valence-electron chi connectivity index (χ2n) is 3.64. The van der Waals surface area contributed by atoms with Gasteiger partial charge in [-0.05, 0) is 12.1 Å². The van der Waals surface area contributed by atoms with Crippen LogP contribution in [0.4, 0.5) is 5.69 Å². The zero-order valence-electron chi connectivity index (χ0n) is 11.2. The van der Waals surface area contributed by atoms with Gasteiger partial charge in [0.2, 0.25) is 15.8 Å². The van der Waals surface area contributed by atoms with Gasteiger partial charge in [0, 0.05) is 0 Å². The Kier molecular flexibility index (Phi) is 5.03. The Morgan fingerprint density at radius 2 is 1.75 bits per heavy atom. The van der Waals surface area contributed by atoms with Gasteiger partial charge in [0.05, 0.1) is 27.0 Å². The summed E-state index contributed by atoms with van der Waals surface area (Å²) in [4.78, 5) is 10.5. The Labute approximate surface area is 116 Å². The van der Waals surface area contributed by atoms with Crippen molar-refractivity contribution in [2.75, 3.05) is 31.8 Å². The van der Waals surface area contributed by atoms with Crippen LogP contribution in [-0.2, 0) is 14.8 Å². The minimum Gasteiger partial charge on any atom is -0.493 e. The topological polar surface area (TPSA) is 111 Å². The number of rotatable bonds is 7. The largest absolute Gasteiger partial charge is 0.493 e. The van der Waals surface area contributed by atoms with Crippen molar-refractivity contribution in [3.05, 3.63) is 12.1 Å².